The number of nitrogens with zero attached hydrogens (tertiary/aromatic N) is 2. The molecule has 0 spiro atoms. The van der Waals surface area contributed by atoms with E-state index >= 15 is 0 Å². The fourth-order valence-corrected chi connectivity index (χ4v) is 2.77. The van der Waals surface area contributed by atoms with E-state index in [1.807, 2.05) is 4.90 Å². The maximum Gasteiger partial charge on any atom is 0.253 e. The van der Waals surface area contributed by atoms with Crippen LogP contribution in [0.15, 0.2) is 36.9 Å². The Kier molecular flexibility index (Phi) is 6.62. The van der Waals surface area contributed by atoms with Crippen LogP contribution in [0.4, 0.5) is 0 Å². The summed E-state index contributed by atoms with van der Waals surface area (Å²) in [5.41, 5.74) is 0.606. The van der Waals surface area contributed by atoms with Gasteiger partial charge in [0.05, 0.1) is 6.54 Å². The van der Waals surface area contributed by atoms with Crippen molar-refractivity contribution < 1.29 is 9.59 Å². The Balaban J connectivity index is 1.89. The van der Waals surface area contributed by atoms with Crippen molar-refractivity contribution in [3.8, 4) is 0 Å². The van der Waals surface area contributed by atoms with E-state index in [1.54, 1.807) is 30.3 Å². The van der Waals surface area contributed by atoms with E-state index < -0.39 is 0 Å². The first-order valence-corrected chi connectivity index (χ1v) is 8.12. The van der Waals surface area contributed by atoms with Gasteiger partial charge in [-0.25, -0.2) is 0 Å². The molecule has 1 saturated heterocycles. The molecule has 1 aliphatic rings. The van der Waals surface area contributed by atoms with Crippen LogP contribution in [0, 0.1) is 0 Å². The van der Waals surface area contributed by atoms with Crippen molar-refractivity contribution in [2.45, 2.75) is 6.42 Å². The summed E-state index contributed by atoms with van der Waals surface area (Å²) in [6.45, 7) is 7.21. The minimum atomic E-state index is -0.0143. The lowest BCUT2D eigenvalue weighted by Crippen LogP contribution is -2.40. The molecule has 0 unspecified atom stereocenters. The van der Waals surface area contributed by atoms with Crippen LogP contribution in [0.25, 0.3) is 0 Å². The van der Waals surface area contributed by atoms with Gasteiger partial charge in [0.15, 0.2) is 0 Å². The molecule has 1 N–H and O–H groups in total. The number of nitrogens with one attached hydrogen (secondary N) is 1. The van der Waals surface area contributed by atoms with E-state index in [2.05, 4.69) is 16.8 Å². The monoisotopic (exact) mass is 335 g/mol. The molecule has 0 saturated carbocycles. The lowest BCUT2D eigenvalue weighted by molar-refractivity contribution is -0.122. The van der Waals surface area contributed by atoms with Crippen LogP contribution in [0.1, 0.15) is 16.8 Å². The van der Waals surface area contributed by atoms with Crippen LogP contribution >= 0.6 is 11.6 Å². The van der Waals surface area contributed by atoms with Crippen LogP contribution < -0.4 is 5.32 Å². The SMILES string of the molecule is C=CCNC(=O)CN1CCCN(C(=O)c2cccc(Cl)c2)CC1. The molecular weight excluding hydrogens is 314 g/mol. The Morgan fingerprint density at radius 2 is 2.09 bits per heavy atom. The molecule has 5 nitrogen and oxygen atoms in total. The molecule has 1 aromatic carbocycles. The predicted molar refractivity (Wildman–Crippen MR) is 91.6 cm³/mol. The molecule has 0 bridgehead atoms. The Morgan fingerprint density at radius 1 is 1.26 bits per heavy atom. The van der Waals surface area contributed by atoms with Crippen molar-refractivity contribution in [3.05, 3.63) is 47.5 Å². The number of hydrogen-bond donors (Lipinski definition) is 1. The summed E-state index contributed by atoms with van der Waals surface area (Å²) in [7, 11) is 0. The van der Waals surface area contributed by atoms with Gasteiger partial charge in [0, 0.05) is 43.3 Å². The summed E-state index contributed by atoms with van der Waals surface area (Å²) in [5.74, 6) is -0.0232. The van der Waals surface area contributed by atoms with Crippen molar-refractivity contribution in [1.82, 2.24) is 15.1 Å². The smallest absolute Gasteiger partial charge is 0.253 e. The average Bonchev–Trinajstić information content (AvgIpc) is 2.78. The number of hydrogen-bond acceptors (Lipinski definition) is 3. The van der Waals surface area contributed by atoms with Crippen molar-refractivity contribution in [1.29, 1.82) is 0 Å². The van der Waals surface area contributed by atoms with Gasteiger partial charge < -0.3 is 10.2 Å². The predicted octanol–water partition coefficient (Wildman–Crippen LogP) is 1.79. The molecule has 0 aliphatic carbocycles. The lowest BCUT2D eigenvalue weighted by Gasteiger charge is -2.21. The summed E-state index contributed by atoms with van der Waals surface area (Å²) in [6, 6.07) is 7.00. The van der Waals surface area contributed by atoms with E-state index in [0.717, 1.165) is 13.0 Å². The zero-order chi connectivity index (χ0) is 16.7. The second-order valence-corrected chi connectivity index (χ2v) is 5.96. The Labute approximate surface area is 141 Å². The highest BCUT2D eigenvalue weighted by atomic mass is 35.5. The molecule has 1 heterocycles. The molecule has 124 valence electrons. The van der Waals surface area contributed by atoms with Crippen molar-refractivity contribution >= 4 is 23.4 Å². The van der Waals surface area contributed by atoms with Crippen LogP contribution in [0.3, 0.4) is 0 Å². The number of carbonyl (C=O) groups is 2. The minimum absolute atomic E-state index is 0.00883. The van der Waals surface area contributed by atoms with Crippen molar-refractivity contribution in [2.24, 2.45) is 0 Å². The first kappa shape index (κ1) is 17.5. The summed E-state index contributed by atoms with van der Waals surface area (Å²) in [6.07, 6.45) is 2.51. The largest absolute Gasteiger partial charge is 0.352 e. The zero-order valence-electron chi connectivity index (χ0n) is 13.1. The maximum atomic E-state index is 12.5. The minimum Gasteiger partial charge on any atom is -0.352 e. The Hall–Kier alpha value is -1.85. The molecule has 23 heavy (non-hydrogen) atoms. The molecule has 0 atom stereocenters. The molecule has 1 fully saturated rings. The van der Waals surface area contributed by atoms with E-state index in [9.17, 15) is 9.59 Å². The van der Waals surface area contributed by atoms with Gasteiger partial charge in [0.2, 0.25) is 5.91 Å². The molecule has 0 aromatic heterocycles. The van der Waals surface area contributed by atoms with Gasteiger partial charge in [-0.05, 0) is 24.6 Å². The van der Waals surface area contributed by atoms with Crippen molar-refractivity contribution in [2.75, 3.05) is 39.3 Å². The van der Waals surface area contributed by atoms with Crippen molar-refractivity contribution in [3.63, 3.8) is 0 Å². The first-order chi connectivity index (χ1) is 11.1. The second-order valence-electron chi connectivity index (χ2n) is 5.53. The fourth-order valence-electron chi connectivity index (χ4n) is 2.58. The first-order valence-electron chi connectivity index (χ1n) is 7.75. The maximum absolute atomic E-state index is 12.5. The van der Waals surface area contributed by atoms with E-state index in [-0.39, 0.29) is 11.8 Å². The third-order valence-corrected chi connectivity index (χ3v) is 3.99. The molecule has 2 amide bonds. The molecule has 1 aromatic rings. The normalized spacial score (nSPS) is 15.8. The van der Waals surface area contributed by atoms with Gasteiger partial charge in [-0.2, -0.15) is 0 Å². The van der Waals surface area contributed by atoms with Crippen LogP contribution in [-0.4, -0.2) is 60.9 Å². The third-order valence-electron chi connectivity index (χ3n) is 3.76. The molecule has 6 heteroatoms. The number of carbonyl (C=O) groups excluding carboxylic acids is 2. The van der Waals surface area contributed by atoms with Gasteiger partial charge in [-0.1, -0.05) is 23.7 Å². The number of halogens is 1. The van der Waals surface area contributed by atoms with Crippen LogP contribution in [0.2, 0.25) is 5.02 Å². The van der Waals surface area contributed by atoms with Gasteiger partial charge in [0.25, 0.3) is 5.91 Å². The molecular formula is C17H22ClN3O2. The number of amides is 2. The van der Waals surface area contributed by atoms with Gasteiger partial charge in [-0.3, -0.25) is 14.5 Å². The number of benzene rings is 1. The number of rotatable bonds is 5. The second kappa shape index (κ2) is 8.70. The summed E-state index contributed by atoms with van der Waals surface area (Å²) >= 11 is 5.95. The van der Waals surface area contributed by atoms with E-state index in [0.29, 0.717) is 43.3 Å². The molecule has 1 aliphatic heterocycles. The Bertz CT molecular complexity index is 577. The highest BCUT2D eigenvalue weighted by molar-refractivity contribution is 6.30. The Morgan fingerprint density at radius 3 is 2.83 bits per heavy atom. The molecule has 0 radical (unpaired) electrons. The lowest BCUT2D eigenvalue weighted by atomic mass is 10.2. The zero-order valence-corrected chi connectivity index (χ0v) is 13.9. The van der Waals surface area contributed by atoms with E-state index in [4.69, 9.17) is 11.6 Å². The summed E-state index contributed by atoms with van der Waals surface area (Å²) in [4.78, 5) is 28.2. The standard InChI is InChI=1S/C17H22ClN3O2/c1-2-7-19-16(22)13-20-8-4-9-21(11-10-20)17(23)14-5-3-6-15(18)12-14/h2-3,5-6,12H,1,4,7-11,13H2,(H,19,22). The highest BCUT2D eigenvalue weighted by Gasteiger charge is 2.21. The van der Waals surface area contributed by atoms with Gasteiger partial charge >= 0.3 is 0 Å². The van der Waals surface area contributed by atoms with Crippen LogP contribution in [-0.2, 0) is 4.79 Å². The quantitative estimate of drug-likeness (QED) is 0.835. The van der Waals surface area contributed by atoms with Gasteiger partial charge in [-0.15, -0.1) is 6.58 Å². The fraction of sp³-hybridized carbons (Fsp3) is 0.412. The summed E-state index contributed by atoms with van der Waals surface area (Å²) in [5, 5.41) is 3.33. The molecule has 2 rings (SSSR count). The topological polar surface area (TPSA) is 52.7 Å². The summed E-state index contributed by atoms with van der Waals surface area (Å²) < 4.78 is 0. The highest BCUT2D eigenvalue weighted by Crippen LogP contribution is 2.14. The third kappa shape index (κ3) is 5.37. The average molecular weight is 336 g/mol. The van der Waals surface area contributed by atoms with E-state index in [1.165, 1.54) is 0 Å². The van der Waals surface area contributed by atoms with Crippen LogP contribution in [0.5, 0.6) is 0 Å². The van der Waals surface area contributed by atoms with Gasteiger partial charge in [0.1, 0.15) is 0 Å².